The summed E-state index contributed by atoms with van der Waals surface area (Å²) in [6.07, 6.45) is 2.21. The van der Waals surface area contributed by atoms with E-state index in [4.69, 9.17) is 0 Å². The summed E-state index contributed by atoms with van der Waals surface area (Å²) in [5, 5.41) is 3.05. The van der Waals surface area contributed by atoms with Gasteiger partial charge >= 0.3 is 0 Å². The molecule has 54 valence electrons. The highest BCUT2D eigenvalue weighted by atomic mass is 31.1. The maximum atomic E-state index is 10.3. The lowest BCUT2D eigenvalue weighted by Gasteiger charge is -1.98. The van der Waals surface area contributed by atoms with Crippen LogP contribution in [-0.4, -0.2) is 24.8 Å². The fourth-order valence-corrected chi connectivity index (χ4v) is 1.00. The third-order valence-electron chi connectivity index (χ3n) is 0.874. The molecule has 0 bridgehead atoms. The predicted molar refractivity (Wildman–Crippen MR) is 42.4 cm³/mol. The van der Waals surface area contributed by atoms with Gasteiger partial charge in [0, 0.05) is 6.29 Å². The summed E-state index contributed by atoms with van der Waals surface area (Å²) in [7, 11) is 0.951. The average molecular weight is 147 g/mol. The van der Waals surface area contributed by atoms with Crippen LogP contribution in [0.5, 0.6) is 0 Å². The Hall–Kier alpha value is 0.0600. The summed E-state index contributed by atoms with van der Waals surface area (Å²) < 4.78 is 0. The fraction of sp³-hybridized carbons (Fsp3) is 0.833. The van der Waals surface area contributed by atoms with Crippen LogP contribution in [0.2, 0.25) is 0 Å². The smallest absolute Gasteiger partial charge is 0.143 e. The first kappa shape index (κ1) is 9.06. The Balaban J connectivity index is 2.83. The van der Waals surface area contributed by atoms with E-state index in [2.05, 4.69) is 12.2 Å². The van der Waals surface area contributed by atoms with Gasteiger partial charge in [-0.25, -0.2) is 0 Å². The number of hydrogen-bond donors (Lipinski definition) is 1. The number of Topliss-reactive ketones (excluding diaryl/α,β-unsaturated/α-hetero) is 1. The van der Waals surface area contributed by atoms with Gasteiger partial charge in [-0.2, -0.15) is 0 Å². The van der Waals surface area contributed by atoms with Gasteiger partial charge in [0.1, 0.15) is 5.78 Å². The molecule has 0 heterocycles. The van der Waals surface area contributed by atoms with Crippen molar-refractivity contribution in [2.75, 3.05) is 19.0 Å². The van der Waals surface area contributed by atoms with Crippen molar-refractivity contribution in [3.05, 3.63) is 0 Å². The maximum absolute atomic E-state index is 10.3. The summed E-state index contributed by atoms with van der Waals surface area (Å²) in [5.74, 6) is 0.218. The molecule has 0 saturated heterocycles. The lowest BCUT2D eigenvalue weighted by molar-refractivity contribution is -0.116. The standard InChI is InChI=1S/C6H14NOP/c1-3-9-5-7-4-6(2)8/h7,9H,3-5H2,1-2H3. The van der Waals surface area contributed by atoms with Crippen molar-refractivity contribution < 1.29 is 4.79 Å². The van der Waals surface area contributed by atoms with Gasteiger partial charge in [-0.3, -0.25) is 4.79 Å². The maximum Gasteiger partial charge on any atom is 0.143 e. The minimum atomic E-state index is 0.218. The molecule has 0 aliphatic rings. The van der Waals surface area contributed by atoms with Crippen LogP contribution < -0.4 is 5.32 Å². The molecule has 0 amide bonds. The molecule has 1 atom stereocenters. The normalized spacial score (nSPS) is 10.9. The van der Waals surface area contributed by atoms with Crippen molar-refractivity contribution in [3.8, 4) is 0 Å². The lowest BCUT2D eigenvalue weighted by Crippen LogP contribution is -2.19. The topological polar surface area (TPSA) is 29.1 Å². The number of carbonyl (C=O) groups excluding carboxylic acids is 1. The molecule has 0 aromatic carbocycles. The molecule has 0 aliphatic heterocycles. The van der Waals surface area contributed by atoms with Gasteiger partial charge in [-0.15, -0.1) is 8.58 Å². The molecule has 0 aromatic heterocycles. The van der Waals surface area contributed by atoms with Crippen molar-refractivity contribution in [1.29, 1.82) is 0 Å². The Labute approximate surface area is 58.2 Å². The zero-order chi connectivity index (χ0) is 7.11. The minimum absolute atomic E-state index is 0.218. The lowest BCUT2D eigenvalue weighted by atomic mass is 10.5. The second-order valence-corrected chi connectivity index (χ2v) is 3.47. The third kappa shape index (κ3) is 8.06. The van der Waals surface area contributed by atoms with E-state index < -0.39 is 0 Å². The van der Waals surface area contributed by atoms with Crippen molar-refractivity contribution in [1.82, 2.24) is 5.32 Å². The number of nitrogens with one attached hydrogen (secondary N) is 1. The Morgan fingerprint density at radius 1 is 1.67 bits per heavy atom. The van der Waals surface area contributed by atoms with Crippen LogP contribution in [-0.2, 0) is 4.79 Å². The number of hydrogen-bond acceptors (Lipinski definition) is 2. The van der Waals surface area contributed by atoms with Crippen molar-refractivity contribution in [2.45, 2.75) is 13.8 Å². The molecule has 0 fully saturated rings. The molecular formula is C6H14NOP. The zero-order valence-electron chi connectivity index (χ0n) is 6.03. The van der Waals surface area contributed by atoms with Gasteiger partial charge < -0.3 is 5.32 Å². The summed E-state index contributed by atoms with van der Waals surface area (Å²) >= 11 is 0. The summed E-state index contributed by atoms with van der Waals surface area (Å²) in [4.78, 5) is 10.3. The molecule has 0 saturated carbocycles. The van der Waals surface area contributed by atoms with E-state index in [1.165, 1.54) is 6.16 Å². The Morgan fingerprint density at radius 3 is 2.78 bits per heavy atom. The third-order valence-corrected chi connectivity index (χ3v) is 1.87. The molecule has 9 heavy (non-hydrogen) atoms. The molecule has 0 rings (SSSR count). The molecule has 0 aromatic rings. The molecule has 2 nitrogen and oxygen atoms in total. The van der Waals surface area contributed by atoms with Gasteiger partial charge in [-0.1, -0.05) is 6.92 Å². The average Bonchev–Trinajstić information content (AvgIpc) is 1.80. The Bertz CT molecular complexity index is 85.1. The first-order valence-electron chi connectivity index (χ1n) is 3.18. The van der Waals surface area contributed by atoms with Crippen LogP contribution in [0.3, 0.4) is 0 Å². The first-order valence-corrected chi connectivity index (χ1v) is 4.59. The SMILES string of the molecule is CCPCNCC(C)=O. The van der Waals surface area contributed by atoms with Crippen LogP contribution in [0.1, 0.15) is 13.8 Å². The Kier molecular flexibility index (Phi) is 6.23. The van der Waals surface area contributed by atoms with Crippen LogP contribution in [0.4, 0.5) is 0 Å². The van der Waals surface area contributed by atoms with Crippen molar-refractivity contribution in [3.63, 3.8) is 0 Å². The highest BCUT2D eigenvalue weighted by Gasteiger charge is 1.88. The summed E-state index contributed by atoms with van der Waals surface area (Å²) in [6.45, 7) is 4.28. The van der Waals surface area contributed by atoms with E-state index in [-0.39, 0.29) is 5.78 Å². The van der Waals surface area contributed by atoms with E-state index in [0.29, 0.717) is 6.54 Å². The van der Waals surface area contributed by atoms with E-state index in [0.717, 1.165) is 14.9 Å². The molecule has 1 unspecified atom stereocenters. The fourth-order valence-electron chi connectivity index (χ4n) is 0.452. The van der Waals surface area contributed by atoms with Gasteiger partial charge in [0.2, 0.25) is 0 Å². The monoisotopic (exact) mass is 147 g/mol. The number of rotatable bonds is 5. The second kappa shape index (κ2) is 6.18. The van der Waals surface area contributed by atoms with Gasteiger partial charge in [-0.05, 0) is 13.1 Å². The van der Waals surface area contributed by atoms with E-state index in [9.17, 15) is 4.79 Å². The molecule has 3 heteroatoms. The number of carbonyl (C=O) groups is 1. The van der Waals surface area contributed by atoms with Crippen LogP contribution in [0.25, 0.3) is 0 Å². The van der Waals surface area contributed by atoms with Crippen LogP contribution >= 0.6 is 8.58 Å². The van der Waals surface area contributed by atoms with Gasteiger partial charge in [0.05, 0.1) is 6.54 Å². The van der Waals surface area contributed by atoms with Crippen LogP contribution in [0, 0.1) is 0 Å². The molecule has 1 N–H and O–H groups in total. The first-order chi connectivity index (χ1) is 4.27. The van der Waals surface area contributed by atoms with E-state index >= 15 is 0 Å². The predicted octanol–water partition coefficient (Wildman–Crippen LogP) is 0.821. The molecule has 0 spiro atoms. The molecular weight excluding hydrogens is 133 g/mol. The quantitative estimate of drug-likeness (QED) is 0.460. The largest absolute Gasteiger partial charge is 0.306 e. The highest BCUT2D eigenvalue weighted by molar-refractivity contribution is 7.37. The van der Waals surface area contributed by atoms with E-state index in [1.807, 2.05) is 0 Å². The summed E-state index contributed by atoms with van der Waals surface area (Å²) in [6, 6.07) is 0. The second-order valence-electron chi connectivity index (χ2n) is 1.91. The van der Waals surface area contributed by atoms with Gasteiger partial charge in [0.15, 0.2) is 0 Å². The van der Waals surface area contributed by atoms with Crippen molar-refractivity contribution in [2.24, 2.45) is 0 Å². The summed E-state index contributed by atoms with van der Waals surface area (Å²) in [5.41, 5.74) is 0. The minimum Gasteiger partial charge on any atom is -0.306 e. The zero-order valence-corrected chi connectivity index (χ0v) is 7.03. The molecule has 0 aliphatic carbocycles. The highest BCUT2D eigenvalue weighted by Crippen LogP contribution is 2.03. The molecule has 0 radical (unpaired) electrons. The Morgan fingerprint density at radius 2 is 2.33 bits per heavy atom. The number of ketones is 1. The van der Waals surface area contributed by atoms with Crippen molar-refractivity contribution >= 4 is 14.4 Å². The van der Waals surface area contributed by atoms with Gasteiger partial charge in [0.25, 0.3) is 0 Å². The van der Waals surface area contributed by atoms with E-state index in [1.54, 1.807) is 6.92 Å². The van der Waals surface area contributed by atoms with Crippen LogP contribution in [0.15, 0.2) is 0 Å².